The van der Waals surface area contributed by atoms with Crippen LogP contribution in [-0.2, 0) is 11.2 Å². The van der Waals surface area contributed by atoms with Crippen LogP contribution < -0.4 is 0 Å². The highest BCUT2D eigenvalue weighted by molar-refractivity contribution is 7.08. The fourth-order valence-electron chi connectivity index (χ4n) is 2.85. The van der Waals surface area contributed by atoms with E-state index in [-0.39, 0.29) is 5.91 Å². The van der Waals surface area contributed by atoms with E-state index >= 15 is 0 Å². The summed E-state index contributed by atoms with van der Waals surface area (Å²) in [7, 11) is 0. The Balaban J connectivity index is 1.53. The van der Waals surface area contributed by atoms with Gasteiger partial charge in [-0.1, -0.05) is 13.3 Å². The van der Waals surface area contributed by atoms with E-state index < -0.39 is 0 Å². The molecular weight excluding hydrogens is 298 g/mol. The molecule has 0 N–H and O–H groups in total. The molecule has 0 unspecified atom stereocenters. The van der Waals surface area contributed by atoms with E-state index in [2.05, 4.69) is 17.1 Å². The molecular formula is C16H21N3O2S. The number of carbonyl (C=O) groups is 1. The van der Waals surface area contributed by atoms with Crippen LogP contribution in [0.2, 0.25) is 0 Å². The standard InChI is InChI=1S/C16H21N3O2S/c1-2-12-4-3-8-19(10-12)15(20)6-5-14-17-18-16(21-14)13-7-9-22-11-13/h7,9,11-12H,2-6,8,10H2,1H3/t12-/m0/s1. The van der Waals surface area contributed by atoms with Gasteiger partial charge in [0.25, 0.3) is 0 Å². The summed E-state index contributed by atoms with van der Waals surface area (Å²) in [5.74, 6) is 1.94. The summed E-state index contributed by atoms with van der Waals surface area (Å²) < 4.78 is 5.62. The topological polar surface area (TPSA) is 59.2 Å². The molecule has 2 aromatic heterocycles. The Morgan fingerprint density at radius 3 is 3.18 bits per heavy atom. The summed E-state index contributed by atoms with van der Waals surface area (Å²) in [6.45, 7) is 3.99. The largest absolute Gasteiger partial charge is 0.421 e. The van der Waals surface area contributed by atoms with Crippen LogP contribution in [0.5, 0.6) is 0 Å². The van der Waals surface area contributed by atoms with E-state index in [0.717, 1.165) is 31.5 Å². The summed E-state index contributed by atoms with van der Waals surface area (Å²) in [6, 6.07) is 1.95. The molecule has 5 nitrogen and oxygen atoms in total. The first-order chi connectivity index (χ1) is 10.8. The molecule has 0 saturated carbocycles. The monoisotopic (exact) mass is 319 g/mol. The Morgan fingerprint density at radius 2 is 2.41 bits per heavy atom. The van der Waals surface area contributed by atoms with E-state index in [1.807, 2.05) is 21.7 Å². The van der Waals surface area contributed by atoms with Crippen LogP contribution in [0, 0.1) is 5.92 Å². The van der Waals surface area contributed by atoms with Crippen LogP contribution in [0.15, 0.2) is 21.2 Å². The SMILES string of the molecule is CC[C@H]1CCCN(C(=O)CCc2nnc(-c3ccsc3)o2)C1. The second-order valence-corrected chi connectivity index (χ2v) is 6.55. The zero-order valence-corrected chi connectivity index (χ0v) is 13.6. The Hall–Kier alpha value is -1.69. The van der Waals surface area contributed by atoms with Gasteiger partial charge in [-0.2, -0.15) is 11.3 Å². The minimum atomic E-state index is 0.202. The third kappa shape index (κ3) is 3.55. The molecule has 1 aliphatic heterocycles. The van der Waals surface area contributed by atoms with Gasteiger partial charge in [0, 0.05) is 36.9 Å². The molecule has 6 heteroatoms. The lowest BCUT2D eigenvalue weighted by Gasteiger charge is -2.32. The lowest BCUT2D eigenvalue weighted by Crippen LogP contribution is -2.39. The van der Waals surface area contributed by atoms with Gasteiger partial charge in [0.2, 0.25) is 17.7 Å². The number of likely N-dealkylation sites (tertiary alicyclic amines) is 1. The zero-order chi connectivity index (χ0) is 15.4. The van der Waals surface area contributed by atoms with Crippen molar-refractivity contribution in [3.63, 3.8) is 0 Å². The molecule has 0 aliphatic carbocycles. The molecule has 1 atom stereocenters. The lowest BCUT2D eigenvalue weighted by atomic mass is 9.95. The average molecular weight is 319 g/mol. The number of piperidine rings is 1. The van der Waals surface area contributed by atoms with Gasteiger partial charge in [0.05, 0.1) is 0 Å². The Bertz CT molecular complexity index is 609. The van der Waals surface area contributed by atoms with Crippen molar-refractivity contribution in [2.24, 2.45) is 5.92 Å². The second-order valence-electron chi connectivity index (χ2n) is 5.77. The van der Waals surface area contributed by atoms with Gasteiger partial charge in [-0.25, -0.2) is 0 Å². The number of amides is 1. The molecule has 22 heavy (non-hydrogen) atoms. The highest BCUT2D eigenvalue weighted by Gasteiger charge is 2.22. The van der Waals surface area contributed by atoms with Crippen LogP contribution >= 0.6 is 11.3 Å². The summed E-state index contributed by atoms with van der Waals surface area (Å²) in [4.78, 5) is 14.3. The van der Waals surface area contributed by atoms with Crippen LogP contribution in [0.4, 0.5) is 0 Å². The molecule has 3 heterocycles. The predicted molar refractivity (Wildman–Crippen MR) is 85.5 cm³/mol. The predicted octanol–water partition coefficient (Wildman–Crippen LogP) is 3.38. The molecule has 1 aliphatic rings. The van der Waals surface area contributed by atoms with Crippen molar-refractivity contribution in [1.82, 2.24) is 15.1 Å². The first-order valence-electron chi connectivity index (χ1n) is 7.89. The minimum Gasteiger partial charge on any atom is -0.421 e. The summed E-state index contributed by atoms with van der Waals surface area (Å²) >= 11 is 1.59. The van der Waals surface area contributed by atoms with Gasteiger partial charge in [-0.05, 0) is 30.2 Å². The zero-order valence-electron chi connectivity index (χ0n) is 12.8. The number of rotatable bonds is 5. The second kappa shape index (κ2) is 7.05. The van der Waals surface area contributed by atoms with E-state index in [0.29, 0.717) is 30.5 Å². The summed E-state index contributed by atoms with van der Waals surface area (Å²) in [5.41, 5.74) is 0.942. The van der Waals surface area contributed by atoms with Crippen LogP contribution in [0.25, 0.3) is 11.5 Å². The van der Waals surface area contributed by atoms with E-state index in [4.69, 9.17) is 4.42 Å². The molecule has 0 bridgehead atoms. The maximum Gasteiger partial charge on any atom is 0.248 e. The number of hydrogen-bond donors (Lipinski definition) is 0. The van der Waals surface area contributed by atoms with Gasteiger partial charge in [-0.3, -0.25) is 4.79 Å². The molecule has 2 aromatic rings. The minimum absolute atomic E-state index is 0.202. The molecule has 3 rings (SSSR count). The van der Waals surface area contributed by atoms with Crippen molar-refractivity contribution in [2.45, 2.75) is 39.0 Å². The fourth-order valence-corrected chi connectivity index (χ4v) is 3.48. The average Bonchev–Trinajstić information content (AvgIpc) is 3.23. The smallest absolute Gasteiger partial charge is 0.248 e. The van der Waals surface area contributed by atoms with Gasteiger partial charge >= 0.3 is 0 Å². The van der Waals surface area contributed by atoms with E-state index in [9.17, 15) is 4.79 Å². The first kappa shape index (κ1) is 15.2. The third-order valence-corrected chi connectivity index (χ3v) is 4.92. The number of carbonyl (C=O) groups excluding carboxylic acids is 1. The van der Waals surface area contributed by atoms with Crippen LogP contribution in [0.3, 0.4) is 0 Å². The molecule has 1 fully saturated rings. The molecule has 1 amide bonds. The molecule has 0 spiro atoms. The van der Waals surface area contributed by atoms with E-state index in [1.165, 1.54) is 6.42 Å². The van der Waals surface area contributed by atoms with Crippen LogP contribution in [-0.4, -0.2) is 34.1 Å². The quantitative estimate of drug-likeness (QED) is 0.847. The van der Waals surface area contributed by atoms with Crippen molar-refractivity contribution in [3.05, 3.63) is 22.7 Å². The third-order valence-electron chi connectivity index (χ3n) is 4.24. The summed E-state index contributed by atoms with van der Waals surface area (Å²) in [5, 5.41) is 12.0. The van der Waals surface area contributed by atoms with Crippen molar-refractivity contribution in [2.75, 3.05) is 13.1 Å². The molecule has 118 valence electrons. The van der Waals surface area contributed by atoms with Gasteiger partial charge < -0.3 is 9.32 Å². The summed E-state index contributed by atoms with van der Waals surface area (Å²) in [6.07, 6.45) is 4.48. The number of hydrogen-bond acceptors (Lipinski definition) is 5. The maximum absolute atomic E-state index is 12.3. The van der Waals surface area contributed by atoms with Crippen molar-refractivity contribution < 1.29 is 9.21 Å². The molecule has 0 radical (unpaired) electrons. The number of aryl methyl sites for hydroxylation is 1. The highest BCUT2D eigenvalue weighted by Crippen LogP contribution is 2.22. The van der Waals surface area contributed by atoms with Gasteiger partial charge in [-0.15, -0.1) is 10.2 Å². The van der Waals surface area contributed by atoms with Gasteiger partial charge in [0.15, 0.2) is 0 Å². The molecule has 1 saturated heterocycles. The highest BCUT2D eigenvalue weighted by atomic mass is 32.1. The van der Waals surface area contributed by atoms with Crippen molar-refractivity contribution in [1.29, 1.82) is 0 Å². The molecule has 0 aromatic carbocycles. The van der Waals surface area contributed by atoms with E-state index in [1.54, 1.807) is 11.3 Å². The first-order valence-corrected chi connectivity index (χ1v) is 8.83. The Morgan fingerprint density at radius 1 is 1.50 bits per heavy atom. The van der Waals surface area contributed by atoms with Crippen LogP contribution in [0.1, 0.15) is 38.5 Å². The maximum atomic E-state index is 12.3. The number of thiophene rings is 1. The lowest BCUT2D eigenvalue weighted by molar-refractivity contribution is -0.133. The normalized spacial score (nSPS) is 18.6. The van der Waals surface area contributed by atoms with Gasteiger partial charge in [0.1, 0.15) is 0 Å². The van der Waals surface area contributed by atoms with Crippen molar-refractivity contribution >= 4 is 17.2 Å². The number of aromatic nitrogens is 2. The number of nitrogens with zero attached hydrogens (tertiary/aromatic N) is 3. The Labute approximate surface area is 134 Å². The van der Waals surface area contributed by atoms with Crippen molar-refractivity contribution in [3.8, 4) is 11.5 Å². The Kier molecular flexibility index (Phi) is 4.87. The fraction of sp³-hybridized carbons (Fsp3) is 0.562.